The van der Waals surface area contributed by atoms with E-state index in [9.17, 15) is 19.2 Å². The predicted molar refractivity (Wildman–Crippen MR) is 97.6 cm³/mol. The summed E-state index contributed by atoms with van der Waals surface area (Å²) >= 11 is 6.23. The van der Waals surface area contributed by atoms with Crippen LogP contribution in [0.15, 0.2) is 18.2 Å². The van der Waals surface area contributed by atoms with Crippen molar-refractivity contribution in [3.8, 4) is 0 Å². The van der Waals surface area contributed by atoms with Gasteiger partial charge in [0.1, 0.15) is 6.04 Å². The fourth-order valence-electron chi connectivity index (χ4n) is 3.57. The molecule has 0 N–H and O–H groups in total. The highest BCUT2D eigenvalue weighted by Gasteiger charge is 2.53. The Labute approximate surface area is 161 Å². The van der Waals surface area contributed by atoms with Crippen LogP contribution in [0.4, 0.5) is 10.5 Å². The number of carbonyl (C=O) groups is 4. The number of rotatable bonds is 3. The minimum atomic E-state index is -0.914. The number of ether oxygens (including phenoxy) is 1. The normalized spacial score (nSPS) is 21.9. The molecule has 0 spiro atoms. The van der Waals surface area contributed by atoms with Crippen LogP contribution in [0.1, 0.15) is 23.2 Å². The van der Waals surface area contributed by atoms with Crippen molar-refractivity contribution in [1.82, 2.24) is 9.80 Å². The van der Waals surface area contributed by atoms with E-state index in [2.05, 4.69) is 0 Å². The van der Waals surface area contributed by atoms with E-state index in [1.54, 1.807) is 14.1 Å². The third kappa shape index (κ3) is 3.14. The first-order chi connectivity index (χ1) is 12.8. The minimum absolute atomic E-state index is 0.136. The summed E-state index contributed by atoms with van der Waals surface area (Å²) in [7, 11) is 4.46. The molecule has 0 unspecified atom stereocenters. The van der Waals surface area contributed by atoms with Gasteiger partial charge >= 0.3 is 12.0 Å². The fraction of sp³-hybridized carbons (Fsp3) is 0.444. The van der Waals surface area contributed by atoms with Crippen molar-refractivity contribution in [2.24, 2.45) is 5.92 Å². The predicted octanol–water partition coefficient (Wildman–Crippen LogP) is 1.76. The Hall–Kier alpha value is -2.61. The lowest BCUT2D eigenvalue weighted by atomic mass is 9.89. The van der Waals surface area contributed by atoms with Crippen LogP contribution in [-0.4, -0.2) is 67.4 Å². The summed E-state index contributed by atoms with van der Waals surface area (Å²) in [5, 5.41) is 0.168. The quantitative estimate of drug-likeness (QED) is 0.577. The molecule has 9 heteroatoms. The number of hydrogen-bond acceptors (Lipinski definition) is 5. The van der Waals surface area contributed by atoms with Crippen LogP contribution in [0.5, 0.6) is 0 Å². The van der Waals surface area contributed by atoms with Crippen molar-refractivity contribution in [2.45, 2.75) is 18.9 Å². The number of imide groups is 1. The van der Waals surface area contributed by atoms with Crippen molar-refractivity contribution in [1.29, 1.82) is 0 Å². The van der Waals surface area contributed by atoms with Crippen LogP contribution in [0.25, 0.3) is 0 Å². The molecule has 1 aromatic rings. The van der Waals surface area contributed by atoms with Gasteiger partial charge in [-0.3, -0.25) is 14.4 Å². The number of hydrogen-bond donors (Lipinski definition) is 0. The molecular weight excluding hydrogens is 374 g/mol. The van der Waals surface area contributed by atoms with E-state index in [0.29, 0.717) is 24.9 Å². The molecule has 0 aromatic heterocycles. The molecular formula is C18H20ClN3O5. The van der Waals surface area contributed by atoms with Crippen LogP contribution in [0.2, 0.25) is 5.02 Å². The number of piperidine rings is 1. The van der Waals surface area contributed by atoms with Crippen molar-refractivity contribution in [3.63, 3.8) is 0 Å². The summed E-state index contributed by atoms with van der Waals surface area (Å²) in [4.78, 5) is 54.0. The van der Waals surface area contributed by atoms with Gasteiger partial charge in [-0.1, -0.05) is 11.6 Å². The van der Waals surface area contributed by atoms with Gasteiger partial charge in [-0.2, -0.15) is 0 Å². The number of amides is 4. The number of nitrogens with zero attached hydrogens (tertiary/aromatic N) is 3. The molecule has 2 aliphatic heterocycles. The van der Waals surface area contributed by atoms with E-state index in [0.717, 1.165) is 4.90 Å². The van der Waals surface area contributed by atoms with Gasteiger partial charge in [-0.05, 0) is 31.0 Å². The number of fused-ring (bicyclic) bond motifs is 1. The highest BCUT2D eigenvalue weighted by atomic mass is 35.5. The third-order valence-corrected chi connectivity index (χ3v) is 5.21. The van der Waals surface area contributed by atoms with Crippen molar-refractivity contribution >= 4 is 41.1 Å². The Morgan fingerprint density at radius 1 is 1.26 bits per heavy atom. The standard InChI is InChI=1S/C18H20ClN3O5/c1-20(2)15(23)10-6-7-12(19)13(9-10)22-16(24)14-11(17(25)27-3)5-4-8-21(14)18(22)26/h6-7,9,11,14H,4-5,8H2,1-3H3/t11-,14-/m0/s1. The number of anilines is 1. The van der Waals surface area contributed by atoms with E-state index < -0.39 is 29.9 Å². The smallest absolute Gasteiger partial charge is 0.332 e. The molecule has 3 rings (SSSR count). The molecule has 4 amide bonds. The van der Waals surface area contributed by atoms with Gasteiger partial charge in [0.2, 0.25) is 0 Å². The molecule has 27 heavy (non-hydrogen) atoms. The lowest BCUT2D eigenvalue weighted by Crippen LogP contribution is -2.48. The first kappa shape index (κ1) is 19.2. The maximum atomic E-state index is 13.1. The van der Waals surface area contributed by atoms with E-state index >= 15 is 0 Å². The van der Waals surface area contributed by atoms with Crippen molar-refractivity contribution in [3.05, 3.63) is 28.8 Å². The second-order valence-electron chi connectivity index (χ2n) is 6.73. The zero-order valence-electron chi connectivity index (χ0n) is 15.3. The molecule has 2 saturated heterocycles. The number of carbonyl (C=O) groups excluding carboxylic acids is 4. The fourth-order valence-corrected chi connectivity index (χ4v) is 3.77. The van der Waals surface area contributed by atoms with E-state index in [4.69, 9.17) is 16.3 Å². The van der Waals surface area contributed by atoms with Gasteiger partial charge < -0.3 is 14.5 Å². The van der Waals surface area contributed by atoms with Crippen molar-refractivity contribution < 1.29 is 23.9 Å². The second-order valence-corrected chi connectivity index (χ2v) is 7.14. The summed E-state index contributed by atoms with van der Waals surface area (Å²) in [6, 6.07) is 2.97. The molecule has 2 aliphatic rings. The lowest BCUT2D eigenvalue weighted by Gasteiger charge is -2.31. The second kappa shape index (κ2) is 7.19. The maximum absolute atomic E-state index is 13.1. The van der Waals surface area contributed by atoms with Crippen LogP contribution in [0, 0.1) is 5.92 Å². The van der Waals surface area contributed by atoms with Gasteiger partial charge in [0.15, 0.2) is 0 Å². The van der Waals surface area contributed by atoms with Crippen LogP contribution >= 0.6 is 11.6 Å². The summed E-state index contributed by atoms with van der Waals surface area (Å²) in [5.74, 6) is -2.05. The molecule has 144 valence electrons. The molecule has 0 saturated carbocycles. The molecule has 2 atom stereocenters. The highest BCUT2D eigenvalue weighted by Crippen LogP contribution is 2.37. The first-order valence-electron chi connectivity index (χ1n) is 8.51. The summed E-state index contributed by atoms with van der Waals surface area (Å²) in [6.45, 7) is 0.368. The molecule has 1 aromatic carbocycles. The maximum Gasteiger partial charge on any atom is 0.332 e. The Balaban J connectivity index is 2.02. The summed E-state index contributed by atoms with van der Waals surface area (Å²) in [6.07, 6.45) is 1.06. The number of benzene rings is 1. The number of methoxy groups -OCH3 is 1. The Kier molecular flexibility index (Phi) is 5.10. The average molecular weight is 394 g/mol. The number of esters is 1. The van der Waals surface area contributed by atoms with Gasteiger partial charge in [-0.15, -0.1) is 0 Å². The minimum Gasteiger partial charge on any atom is -0.469 e. The summed E-state index contributed by atoms with van der Waals surface area (Å²) in [5.41, 5.74) is 0.437. The van der Waals surface area contributed by atoms with E-state index in [1.165, 1.54) is 35.1 Å². The van der Waals surface area contributed by atoms with Crippen LogP contribution in [-0.2, 0) is 14.3 Å². The zero-order chi connectivity index (χ0) is 19.9. The van der Waals surface area contributed by atoms with Gasteiger partial charge in [-0.25, -0.2) is 9.69 Å². The number of halogens is 1. The Bertz CT molecular complexity index is 825. The third-order valence-electron chi connectivity index (χ3n) is 4.89. The SMILES string of the molecule is COC(=O)[C@H]1CCCN2C(=O)N(c3cc(C(=O)N(C)C)ccc3Cl)C(=O)[C@H]12. The van der Waals surface area contributed by atoms with Crippen LogP contribution < -0.4 is 4.90 Å². The summed E-state index contributed by atoms with van der Waals surface area (Å²) < 4.78 is 4.80. The monoisotopic (exact) mass is 393 g/mol. The molecule has 0 radical (unpaired) electrons. The van der Waals surface area contributed by atoms with Crippen LogP contribution in [0.3, 0.4) is 0 Å². The molecule has 2 fully saturated rings. The Morgan fingerprint density at radius 2 is 1.96 bits per heavy atom. The number of urea groups is 1. The molecule has 0 bridgehead atoms. The van der Waals surface area contributed by atoms with Gasteiger partial charge in [0, 0.05) is 26.2 Å². The van der Waals surface area contributed by atoms with E-state index in [1.807, 2.05) is 0 Å². The van der Waals surface area contributed by atoms with E-state index in [-0.39, 0.29) is 16.6 Å². The molecule has 2 heterocycles. The topological polar surface area (TPSA) is 87.2 Å². The average Bonchev–Trinajstić information content (AvgIpc) is 2.91. The molecule has 8 nitrogen and oxygen atoms in total. The first-order valence-corrected chi connectivity index (χ1v) is 8.89. The van der Waals surface area contributed by atoms with Crippen molar-refractivity contribution in [2.75, 3.05) is 32.6 Å². The lowest BCUT2D eigenvalue weighted by molar-refractivity contribution is -0.150. The zero-order valence-corrected chi connectivity index (χ0v) is 16.0. The largest absolute Gasteiger partial charge is 0.469 e. The molecule has 0 aliphatic carbocycles. The highest BCUT2D eigenvalue weighted by molar-refractivity contribution is 6.36. The van der Waals surface area contributed by atoms with Gasteiger partial charge in [0.25, 0.3) is 11.8 Å². The van der Waals surface area contributed by atoms with Gasteiger partial charge in [0.05, 0.1) is 23.7 Å². The Morgan fingerprint density at radius 3 is 2.59 bits per heavy atom.